The molecule has 8 heteroatoms. The summed E-state index contributed by atoms with van der Waals surface area (Å²) in [5.74, 6) is 1.09. The molecule has 33 heavy (non-hydrogen) atoms. The third kappa shape index (κ3) is 6.40. The Bertz CT molecular complexity index is 824. The number of halogens is 1. The highest BCUT2D eigenvalue weighted by atomic mass is 35.5. The van der Waals surface area contributed by atoms with E-state index in [1.807, 2.05) is 28.0 Å². The lowest BCUT2D eigenvalue weighted by Gasteiger charge is -2.44. The number of rotatable bonds is 6. The fourth-order valence-electron chi connectivity index (χ4n) is 5.19. The molecule has 182 valence electrons. The smallest absolute Gasteiger partial charge is 0.225 e. The Morgan fingerprint density at radius 3 is 2.61 bits per heavy atom. The van der Waals surface area contributed by atoms with Gasteiger partial charge in [-0.15, -0.1) is 0 Å². The Morgan fingerprint density at radius 1 is 1.12 bits per heavy atom. The van der Waals surface area contributed by atoms with Crippen LogP contribution >= 0.6 is 11.6 Å². The largest absolute Gasteiger partial charge is 0.493 e. The SMILES string of the molecule is CN1CCN(C(=O)C[C@]2(COc3cccc(Cl)c3)CCCN(C(=O)C3CCOCC3)C2)CC1. The quantitative estimate of drug-likeness (QED) is 0.630. The molecular formula is C25H36ClN3O4. The van der Waals surface area contributed by atoms with Crippen LogP contribution in [0, 0.1) is 11.3 Å². The minimum Gasteiger partial charge on any atom is -0.493 e. The minimum absolute atomic E-state index is 0.0248. The van der Waals surface area contributed by atoms with Gasteiger partial charge in [0.05, 0.1) is 6.61 Å². The van der Waals surface area contributed by atoms with Gasteiger partial charge in [-0.2, -0.15) is 0 Å². The number of hydrogen-bond acceptors (Lipinski definition) is 5. The van der Waals surface area contributed by atoms with E-state index in [0.717, 1.165) is 58.4 Å². The van der Waals surface area contributed by atoms with Crippen LogP contribution in [0.25, 0.3) is 0 Å². The van der Waals surface area contributed by atoms with Gasteiger partial charge in [0, 0.05) is 75.3 Å². The number of piperazine rings is 1. The van der Waals surface area contributed by atoms with E-state index in [2.05, 4.69) is 11.9 Å². The van der Waals surface area contributed by atoms with Crippen molar-refractivity contribution in [2.75, 3.05) is 66.1 Å². The molecule has 1 atom stereocenters. The molecule has 1 aromatic rings. The Morgan fingerprint density at radius 2 is 1.88 bits per heavy atom. The first-order valence-electron chi connectivity index (χ1n) is 12.2. The van der Waals surface area contributed by atoms with Gasteiger partial charge in [0.2, 0.25) is 11.8 Å². The molecule has 3 aliphatic heterocycles. The zero-order valence-corrected chi connectivity index (χ0v) is 20.4. The van der Waals surface area contributed by atoms with E-state index in [0.29, 0.717) is 43.6 Å². The van der Waals surface area contributed by atoms with Crippen molar-refractivity contribution in [1.29, 1.82) is 0 Å². The van der Waals surface area contributed by atoms with E-state index in [9.17, 15) is 9.59 Å². The summed E-state index contributed by atoms with van der Waals surface area (Å²) in [7, 11) is 2.09. The second kappa shape index (κ2) is 11.1. The average molecular weight is 478 g/mol. The van der Waals surface area contributed by atoms with Crippen LogP contribution < -0.4 is 4.74 Å². The van der Waals surface area contributed by atoms with Gasteiger partial charge >= 0.3 is 0 Å². The van der Waals surface area contributed by atoms with Crippen molar-refractivity contribution < 1.29 is 19.1 Å². The van der Waals surface area contributed by atoms with Crippen molar-refractivity contribution in [1.82, 2.24) is 14.7 Å². The normalized spacial score (nSPS) is 25.2. The first-order chi connectivity index (χ1) is 15.9. The van der Waals surface area contributed by atoms with Crippen LogP contribution in [0.15, 0.2) is 24.3 Å². The van der Waals surface area contributed by atoms with Crippen LogP contribution in [-0.2, 0) is 14.3 Å². The Hall–Kier alpha value is -1.83. The first kappa shape index (κ1) is 24.3. The van der Waals surface area contributed by atoms with Gasteiger partial charge in [0.25, 0.3) is 0 Å². The molecule has 3 fully saturated rings. The summed E-state index contributed by atoms with van der Waals surface area (Å²) in [6.07, 6.45) is 3.70. The van der Waals surface area contributed by atoms with Crippen molar-refractivity contribution in [3.8, 4) is 5.75 Å². The van der Waals surface area contributed by atoms with Gasteiger partial charge < -0.3 is 24.2 Å². The van der Waals surface area contributed by atoms with Crippen LogP contribution in [0.3, 0.4) is 0 Å². The summed E-state index contributed by atoms with van der Waals surface area (Å²) in [6, 6.07) is 7.36. The number of amides is 2. The predicted octanol–water partition coefficient (Wildman–Crippen LogP) is 2.92. The van der Waals surface area contributed by atoms with Gasteiger partial charge in [-0.1, -0.05) is 17.7 Å². The molecule has 2 amide bonds. The summed E-state index contributed by atoms with van der Waals surface area (Å²) in [6.45, 7) is 6.30. The van der Waals surface area contributed by atoms with E-state index >= 15 is 0 Å². The zero-order chi connectivity index (χ0) is 23.3. The van der Waals surface area contributed by atoms with E-state index in [-0.39, 0.29) is 17.7 Å². The molecule has 0 unspecified atom stereocenters. The van der Waals surface area contributed by atoms with Gasteiger partial charge in [-0.25, -0.2) is 0 Å². The van der Waals surface area contributed by atoms with Gasteiger partial charge in [0.15, 0.2) is 0 Å². The lowest BCUT2D eigenvalue weighted by Crippen LogP contribution is -2.54. The highest BCUT2D eigenvalue weighted by Crippen LogP contribution is 2.36. The van der Waals surface area contributed by atoms with Crippen LogP contribution in [0.4, 0.5) is 0 Å². The minimum atomic E-state index is -0.401. The van der Waals surface area contributed by atoms with E-state index in [1.165, 1.54) is 0 Å². The lowest BCUT2D eigenvalue weighted by atomic mass is 9.76. The Labute approximate surface area is 201 Å². The maximum atomic E-state index is 13.3. The first-order valence-corrected chi connectivity index (χ1v) is 12.5. The van der Waals surface area contributed by atoms with Crippen LogP contribution in [0.5, 0.6) is 5.75 Å². The van der Waals surface area contributed by atoms with Gasteiger partial charge in [-0.05, 0) is 50.9 Å². The second-order valence-corrected chi connectivity index (χ2v) is 10.3. The standard InChI is InChI=1S/C25H36ClN3O4/c1-27-10-12-28(13-11-27)23(30)17-25(19-33-22-5-2-4-21(26)16-22)8-3-9-29(18-25)24(31)20-6-14-32-15-7-20/h2,4-5,16,20H,3,6-15,17-19H2,1H3/t25-/m1/s1. The summed E-state index contributed by atoms with van der Waals surface area (Å²) < 4.78 is 11.6. The fraction of sp³-hybridized carbons (Fsp3) is 0.680. The highest BCUT2D eigenvalue weighted by molar-refractivity contribution is 6.30. The third-order valence-electron chi connectivity index (χ3n) is 7.27. The average Bonchev–Trinajstić information content (AvgIpc) is 2.83. The topological polar surface area (TPSA) is 62.3 Å². The number of ether oxygens (including phenoxy) is 2. The van der Waals surface area contributed by atoms with Crippen molar-refractivity contribution in [3.05, 3.63) is 29.3 Å². The van der Waals surface area contributed by atoms with E-state index < -0.39 is 5.41 Å². The molecule has 0 aromatic heterocycles. The molecule has 0 saturated carbocycles. The predicted molar refractivity (Wildman–Crippen MR) is 127 cm³/mol. The molecular weight excluding hydrogens is 442 g/mol. The summed E-state index contributed by atoms with van der Waals surface area (Å²) in [5, 5.41) is 0.620. The van der Waals surface area contributed by atoms with E-state index in [1.54, 1.807) is 6.07 Å². The number of carbonyl (C=O) groups excluding carboxylic acids is 2. The van der Waals surface area contributed by atoms with Crippen molar-refractivity contribution >= 4 is 23.4 Å². The number of carbonyl (C=O) groups is 2. The van der Waals surface area contributed by atoms with Crippen LogP contribution in [0.2, 0.25) is 5.02 Å². The number of likely N-dealkylation sites (N-methyl/N-ethyl adjacent to an activating group) is 1. The molecule has 0 N–H and O–H groups in total. The maximum absolute atomic E-state index is 13.3. The number of benzene rings is 1. The molecule has 1 aromatic carbocycles. The number of nitrogens with zero attached hydrogens (tertiary/aromatic N) is 3. The highest BCUT2D eigenvalue weighted by Gasteiger charge is 2.42. The molecule has 3 saturated heterocycles. The van der Waals surface area contributed by atoms with Crippen LogP contribution in [-0.4, -0.2) is 92.7 Å². The zero-order valence-electron chi connectivity index (χ0n) is 19.6. The lowest BCUT2D eigenvalue weighted by molar-refractivity contribution is -0.146. The molecule has 0 bridgehead atoms. The molecule has 7 nitrogen and oxygen atoms in total. The van der Waals surface area contributed by atoms with Crippen LogP contribution in [0.1, 0.15) is 32.1 Å². The second-order valence-electron chi connectivity index (χ2n) is 9.86. The van der Waals surface area contributed by atoms with Gasteiger partial charge in [0.1, 0.15) is 5.75 Å². The van der Waals surface area contributed by atoms with Crippen molar-refractivity contribution in [2.24, 2.45) is 11.3 Å². The molecule has 4 rings (SSSR count). The third-order valence-corrected chi connectivity index (χ3v) is 7.50. The van der Waals surface area contributed by atoms with Gasteiger partial charge in [-0.3, -0.25) is 9.59 Å². The van der Waals surface area contributed by atoms with Crippen molar-refractivity contribution in [3.63, 3.8) is 0 Å². The molecule has 0 spiro atoms. The number of piperidine rings is 1. The fourth-order valence-corrected chi connectivity index (χ4v) is 5.37. The number of likely N-dealkylation sites (tertiary alicyclic amines) is 1. The monoisotopic (exact) mass is 477 g/mol. The molecule has 0 aliphatic carbocycles. The molecule has 3 heterocycles. The summed E-state index contributed by atoms with van der Waals surface area (Å²) >= 11 is 6.14. The summed E-state index contributed by atoms with van der Waals surface area (Å²) in [4.78, 5) is 32.8. The maximum Gasteiger partial charge on any atom is 0.225 e. The number of hydrogen-bond donors (Lipinski definition) is 0. The Kier molecular flexibility index (Phi) is 8.15. The molecule has 0 radical (unpaired) electrons. The Balaban J connectivity index is 1.48. The van der Waals surface area contributed by atoms with E-state index in [4.69, 9.17) is 21.1 Å². The summed E-state index contributed by atoms with van der Waals surface area (Å²) in [5.41, 5.74) is -0.401. The van der Waals surface area contributed by atoms with Crippen molar-refractivity contribution in [2.45, 2.75) is 32.1 Å². The molecule has 3 aliphatic rings.